The van der Waals surface area contributed by atoms with Crippen molar-refractivity contribution >= 4 is 28.5 Å². The number of thiocarbonyl (C=S) groups is 1. The van der Waals surface area contributed by atoms with E-state index in [1.807, 2.05) is 11.3 Å². The van der Waals surface area contributed by atoms with Crippen LogP contribution in [-0.2, 0) is 13.0 Å². The Morgan fingerprint density at radius 3 is 2.47 bits per heavy atom. The topological polar surface area (TPSA) is 32.5 Å². The van der Waals surface area contributed by atoms with E-state index in [1.54, 1.807) is 0 Å². The van der Waals surface area contributed by atoms with Gasteiger partial charge in [0, 0.05) is 42.5 Å². The molecule has 1 saturated heterocycles. The number of rotatable bonds is 5. The highest BCUT2D eigenvalue weighted by molar-refractivity contribution is 7.80. The van der Waals surface area contributed by atoms with Crippen molar-refractivity contribution in [2.75, 3.05) is 26.2 Å². The lowest BCUT2D eigenvalue weighted by Gasteiger charge is -2.37. The van der Waals surface area contributed by atoms with Gasteiger partial charge in [0.1, 0.15) is 0 Å². The number of hydrogen-bond acceptors (Lipinski definition) is 4. The molecule has 0 bridgehead atoms. The summed E-state index contributed by atoms with van der Waals surface area (Å²) in [7, 11) is 0. The predicted octanol–water partition coefficient (Wildman–Crippen LogP) is 2.10. The molecule has 3 nitrogen and oxygen atoms in total. The molecule has 0 radical (unpaired) electrons. The van der Waals surface area contributed by atoms with Crippen LogP contribution in [0.4, 0.5) is 0 Å². The van der Waals surface area contributed by atoms with E-state index in [2.05, 4.69) is 35.8 Å². The Labute approximate surface area is 125 Å². The quantitative estimate of drug-likeness (QED) is 0.844. The Morgan fingerprint density at radius 2 is 1.95 bits per heavy atom. The fourth-order valence-corrected chi connectivity index (χ4v) is 3.56. The predicted molar refractivity (Wildman–Crippen MR) is 86.8 cm³/mol. The number of piperazine rings is 1. The molecule has 0 aromatic carbocycles. The molecule has 0 spiro atoms. The summed E-state index contributed by atoms with van der Waals surface area (Å²) in [6.07, 6.45) is 1.14. The molecule has 5 heteroatoms. The molecular formula is C14H23N3S2. The summed E-state index contributed by atoms with van der Waals surface area (Å²) in [4.78, 5) is 8.47. The highest BCUT2D eigenvalue weighted by Gasteiger charge is 2.22. The minimum atomic E-state index is 0.227. The summed E-state index contributed by atoms with van der Waals surface area (Å²) < 4.78 is 0. The number of nitrogens with zero attached hydrogens (tertiary/aromatic N) is 2. The van der Waals surface area contributed by atoms with E-state index in [1.165, 1.54) is 9.75 Å². The zero-order valence-corrected chi connectivity index (χ0v) is 13.4. The second-order valence-electron chi connectivity index (χ2n) is 5.11. The van der Waals surface area contributed by atoms with Crippen LogP contribution >= 0.6 is 23.6 Å². The number of aryl methyl sites for hydroxylation is 1. The van der Waals surface area contributed by atoms with Gasteiger partial charge in [-0.3, -0.25) is 9.80 Å². The minimum absolute atomic E-state index is 0.227. The van der Waals surface area contributed by atoms with Gasteiger partial charge in [-0.1, -0.05) is 19.1 Å². The van der Waals surface area contributed by atoms with Gasteiger partial charge < -0.3 is 5.73 Å². The zero-order chi connectivity index (χ0) is 13.8. The van der Waals surface area contributed by atoms with Crippen molar-refractivity contribution in [2.45, 2.75) is 32.9 Å². The molecule has 0 amide bonds. The molecule has 2 N–H and O–H groups in total. The molecule has 2 heterocycles. The van der Waals surface area contributed by atoms with Crippen LogP contribution in [-0.4, -0.2) is 47.0 Å². The van der Waals surface area contributed by atoms with E-state index in [4.69, 9.17) is 18.0 Å². The number of hydrogen-bond donors (Lipinski definition) is 1. The van der Waals surface area contributed by atoms with Crippen molar-refractivity contribution in [3.8, 4) is 0 Å². The summed E-state index contributed by atoms with van der Waals surface area (Å²) in [6.45, 7) is 9.73. The summed E-state index contributed by atoms with van der Waals surface area (Å²) in [5.74, 6) is 0. The van der Waals surface area contributed by atoms with Crippen LogP contribution in [0.2, 0.25) is 0 Å². The summed E-state index contributed by atoms with van der Waals surface area (Å²) in [5, 5.41) is 0. The Morgan fingerprint density at radius 1 is 1.32 bits per heavy atom. The van der Waals surface area contributed by atoms with Gasteiger partial charge in [-0.05, 0) is 25.5 Å². The average Bonchev–Trinajstić information content (AvgIpc) is 2.86. The molecule has 1 aliphatic heterocycles. The van der Waals surface area contributed by atoms with Crippen molar-refractivity contribution < 1.29 is 0 Å². The molecule has 1 aromatic heterocycles. The van der Waals surface area contributed by atoms with Crippen molar-refractivity contribution in [2.24, 2.45) is 5.73 Å². The number of thiophene rings is 1. The molecular weight excluding hydrogens is 274 g/mol. The monoisotopic (exact) mass is 297 g/mol. The van der Waals surface area contributed by atoms with Crippen LogP contribution in [0.5, 0.6) is 0 Å². The van der Waals surface area contributed by atoms with Crippen LogP contribution < -0.4 is 5.73 Å². The van der Waals surface area contributed by atoms with Gasteiger partial charge in [0.2, 0.25) is 0 Å². The van der Waals surface area contributed by atoms with Crippen molar-refractivity contribution in [1.82, 2.24) is 9.80 Å². The Balaban J connectivity index is 1.81. The van der Waals surface area contributed by atoms with Crippen molar-refractivity contribution in [3.63, 3.8) is 0 Å². The third-order valence-electron chi connectivity index (χ3n) is 3.81. The highest BCUT2D eigenvalue weighted by atomic mass is 32.1. The summed E-state index contributed by atoms with van der Waals surface area (Å²) in [5.41, 5.74) is 5.72. The molecule has 0 aliphatic carbocycles. The van der Waals surface area contributed by atoms with Crippen molar-refractivity contribution in [1.29, 1.82) is 0 Å². The van der Waals surface area contributed by atoms with E-state index < -0.39 is 0 Å². The van der Waals surface area contributed by atoms with E-state index in [-0.39, 0.29) is 6.04 Å². The molecule has 1 fully saturated rings. The summed E-state index contributed by atoms with van der Waals surface area (Å²) >= 11 is 7.02. The van der Waals surface area contributed by atoms with E-state index in [0.717, 1.165) is 39.1 Å². The summed E-state index contributed by atoms with van der Waals surface area (Å²) in [6, 6.07) is 4.75. The van der Waals surface area contributed by atoms with Gasteiger partial charge in [-0.25, -0.2) is 0 Å². The smallest absolute Gasteiger partial charge is 0.0899 e. The van der Waals surface area contributed by atoms with E-state index in [9.17, 15) is 0 Å². The normalized spacial score (nSPS) is 19.5. The standard InChI is InChI=1S/C14H23N3S2/c1-3-12-4-5-13(19-12)10-16-6-8-17(9-7-16)11(2)14(15)18/h4-5,11H,3,6-10H2,1-2H3,(H2,15,18). The molecule has 106 valence electrons. The fraction of sp³-hybridized carbons (Fsp3) is 0.643. The molecule has 1 atom stereocenters. The molecule has 1 aliphatic rings. The van der Waals surface area contributed by atoms with Crippen LogP contribution in [0.15, 0.2) is 12.1 Å². The van der Waals surface area contributed by atoms with Crippen LogP contribution in [0.3, 0.4) is 0 Å². The lowest BCUT2D eigenvalue weighted by molar-refractivity contribution is 0.118. The highest BCUT2D eigenvalue weighted by Crippen LogP contribution is 2.19. The lowest BCUT2D eigenvalue weighted by atomic mass is 10.2. The lowest BCUT2D eigenvalue weighted by Crippen LogP contribution is -2.52. The second kappa shape index (κ2) is 6.79. The maximum absolute atomic E-state index is 5.72. The van der Waals surface area contributed by atoms with E-state index in [0.29, 0.717) is 4.99 Å². The zero-order valence-electron chi connectivity index (χ0n) is 11.8. The maximum atomic E-state index is 5.72. The van der Waals surface area contributed by atoms with Gasteiger partial charge in [0.05, 0.1) is 11.0 Å². The van der Waals surface area contributed by atoms with Gasteiger partial charge in [-0.15, -0.1) is 11.3 Å². The molecule has 2 rings (SSSR count). The number of nitrogens with two attached hydrogens (primary N) is 1. The minimum Gasteiger partial charge on any atom is -0.392 e. The maximum Gasteiger partial charge on any atom is 0.0899 e. The molecule has 0 saturated carbocycles. The van der Waals surface area contributed by atoms with Gasteiger partial charge in [-0.2, -0.15) is 0 Å². The van der Waals surface area contributed by atoms with Crippen molar-refractivity contribution in [3.05, 3.63) is 21.9 Å². The van der Waals surface area contributed by atoms with Gasteiger partial charge in [0.25, 0.3) is 0 Å². The molecule has 19 heavy (non-hydrogen) atoms. The first-order chi connectivity index (χ1) is 9.10. The van der Waals surface area contributed by atoms with Crippen LogP contribution in [0, 0.1) is 0 Å². The third-order valence-corrected chi connectivity index (χ3v) is 5.37. The fourth-order valence-electron chi connectivity index (χ4n) is 2.41. The van der Waals surface area contributed by atoms with Gasteiger partial charge >= 0.3 is 0 Å². The molecule has 1 aromatic rings. The third kappa shape index (κ3) is 3.99. The Kier molecular flexibility index (Phi) is 5.33. The van der Waals surface area contributed by atoms with E-state index >= 15 is 0 Å². The first-order valence-corrected chi connectivity index (χ1v) is 8.16. The van der Waals surface area contributed by atoms with Crippen LogP contribution in [0.1, 0.15) is 23.6 Å². The second-order valence-corrected chi connectivity index (χ2v) is 6.84. The Hall–Kier alpha value is -0.490. The molecule has 1 unspecified atom stereocenters. The largest absolute Gasteiger partial charge is 0.392 e. The first kappa shape index (κ1) is 14.9. The first-order valence-electron chi connectivity index (χ1n) is 6.93. The van der Waals surface area contributed by atoms with Gasteiger partial charge in [0.15, 0.2) is 0 Å². The van der Waals surface area contributed by atoms with Crippen LogP contribution in [0.25, 0.3) is 0 Å². The Bertz CT molecular complexity index is 422. The average molecular weight is 297 g/mol. The SMILES string of the molecule is CCc1ccc(CN2CCN(C(C)C(N)=S)CC2)s1.